The van der Waals surface area contributed by atoms with Gasteiger partial charge >= 0.3 is 6.09 Å². The maximum Gasteiger partial charge on any atom is 0.410 e. The zero-order chi connectivity index (χ0) is 10.6. The number of amides is 1. The second kappa shape index (κ2) is 4.84. The lowest BCUT2D eigenvalue weighted by Gasteiger charge is -2.27. The van der Waals surface area contributed by atoms with E-state index in [0.717, 1.165) is 5.33 Å². The Hall–Kier alpha value is -0.250. The number of hydrogen-bond donors (Lipinski definition) is 0. The van der Waals surface area contributed by atoms with Gasteiger partial charge in [0.15, 0.2) is 0 Å². The Morgan fingerprint density at radius 3 is 2.31 bits per heavy atom. The molecule has 0 aliphatic rings. The first-order valence-electron chi connectivity index (χ1n) is 4.29. The lowest BCUT2D eigenvalue weighted by atomic mass is 10.2. The first-order valence-corrected chi connectivity index (χ1v) is 5.42. The van der Waals surface area contributed by atoms with E-state index in [0.29, 0.717) is 0 Å². The number of nitrogens with zero attached hydrogens (tertiary/aromatic N) is 1. The molecule has 0 aromatic rings. The molecule has 1 atom stereocenters. The van der Waals surface area contributed by atoms with Crippen molar-refractivity contribution in [2.45, 2.75) is 39.3 Å². The van der Waals surface area contributed by atoms with E-state index < -0.39 is 5.60 Å². The molecule has 0 aromatic heterocycles. The lowest BCUT2D eigenvalue weighted by Crippen LogP contribution is -2.40. The molecule has 13 heavy (non-hydrogen) atoms. The minimum Gasteiger partial charge on any atom is -0.444 e. The molecule has 0 aliphatic heterocycles. The molecule has 0 aromatic carbocycles. The third-order valence-electron chi connectivity index (χ3n) is 1.57. The van der Waals surface area contributed by atoms with Crippen molar-refractivity contribution >= 4 is 22.0 Å². The van der Waals surface area contributed by atoms with Crippen LogP contribution >= 0.6 is 15.9 Å². The van der Waals surface area contributed by atoms with Crippen molar-refractivity contribution in [2.75, 3.05) is 12.4 Å². The third kappa shape index (κ3) is 5.13. The van der Waals surface area contributed by atoms with E-state index in [9.17, 15) is 4.79 Å². The minimum absolute atomic E-state index is 0.148. The number of halogens is 1. The molecule has 1 unspecified atom stereocenters. The van der Waals surface area contributed by atoms with Gasteiger partial charge in [0.2, 0.25) is 0 Å². The van der Waals surface area contributed by atoms with Gasteiger partial charge in [-0.15, -0.1) is 0 Å². The van der Waals surface area contributed by atoms with Gasteiger partial charge < -0.3 is 9.64 Å². The summed E-state index contributed by atoms with van der Waals surface area (Å²) < 4.78 is 5.19. The van der Waals surface area contributed by atoms with E-state index in [1.165, 1.54) is 0 Å². The molecule has 0 radical (unpaired) electrons. The average molecular weight is 252 g/mol. The second-order valence-electron chi connectivity index (χ2n) is 4.09. The largest absolute Gasteiger partial charge is 0.444 e. The van der Waals surface area contributed by atoms with Crippen LogP contribution in [0.2, 0.25) is 0 Å². The molecule has 0 aliphatic carbocycles. The molecule has 0 fully saturated rings. The Kier molecular flexibility index (Phi) is 4.75. The first-order chi connectivity index (χ1) is 5.78. The van der Waals surface area contributed by atoms with E-state index >= 15 is 0 Å². The summed E-state index contributed by atoms with van der Waals surface area (Å²) in [7, 11) is 1.74. The van der Waals surface area contributed by atoms with Gasteiger partial charge in [0.1, 0.15) is 5.60 Å². The predicted molar refractivity (Wildman–Crippen MR) is 57.3 cm³/mol. The molecule has 0 rings (SSSR count). The maximum absolute atomic E-state index is 11.4. The molecule has 3 nitrogen and oxygen atoms in total. The zero-order valence-electron chi connectivity index (χ0n) is 8.93. The summed E-state index contributed by atoms with van der Waals surface area (Å²) >= 11 is 3.31. The number of hydrogen-bond acceptors (Lipinski definition) is 2. The van der Waals surface area contributed by atoms with Crippen LogP contribution in [-0.2, 0) is 4.74 Å². The smallest absolute Gasteiger partial charge is 0.410 e. The molecule has 0 N–H and O–H groups in total. The van der Waals surface area contributed by atoms with Gasteiger partial charge in [0, 0.05) is 18.4 Å². The Balaban J connectivity index is 4.12. The van der Waals surface area contributed by atoms with E-state index in [1.807, 2.05) is 27.7 Å². The SMILES string of the molecule is CC(CBr)N(C)C(=O)OC(C)(C)C. The van der Waals surface area contributed by atoms with Crippen LogP contribution in [0.15, 0.2) is 0 Å². The summed E-state index contributed by atoms with van der Waals surface area (Å²) in [6.07, 6.45) is -0.278. The first kappa shape index (κ1) is 12.8. The molecule has 4 heteroatoms. The van der Waals surface area contributed by atoms with Crippen molar-refractivity contribution in [3.05, 3.63) is 0 Å². The van der Waals surface area contributed by atoms with E-state index in [-0.39, 0.29) is 12.1 Å². The Morgan fingerprint density at radius 2 is 2.00 bits per heavy atom. The Labute approximate surface area is 88.6 Å². The Morgan fingerprint density at radius 1 is 1.54 bits per heavy atom. The average Bonchev–Trinajstić information content (AvgIpc) is 1.98. The molecule has 0 saturated carbocycles. The Bertz CT molecular complexity index is 177. The second-order valence-corrected chi connectivity index (χ2v) is 4.74. The van der Waals surface area contributed by atoms with E-state index in [1.54, 1.807) is 11.9 Å². The van der Waals surface area contributed by atoms with Crippen LogP contribution in [-0.4, -0.2) is 35.0 Å². The summed E-state index contributed by atoms with van der Waals surface area (Å²) in [5, 5.41) is 0.753. The van der Waals surface area contributed by atoms with Gasteiger partial charge in [-0.05, 0) is 27.7 Å². The summed E-state index contributed by atoms with van der Waals surface area (Å²) in [5.74, 6) is 0. The highest BCUT2D eigenvalue weighted by Gasteiger charge is 2.21. The summed E-state index contributed by atoms with van der Waals surface area (Å²) in [4.78, 5) is 13.0. The normalized spacial score (nSPS) is 13.7. The van der Waals surface area contributed by atoms with Gasteiger partial charge in [0.05, 0.1) is 0 Å². The van der Waals surface area contributed by atoms with Gasteiger partial charge in [-0.25, -0.2) is 4.79 Å². The fraction of sp³-hybridized carbons (Fsp3) is 0.889. The molecule has 78 valence electrons. The zero-order valence-corrected chi connectivity index (χ0v) is 10.5. The molecule has 0 saturated heterocycles. The van der Waals surface area contributed by atoms with Crippen LogP contribution in [0.25, 0.3) is 0 Å². The molecule has 0 spiro atoms. The fourth-order valence-electron chi connectivity index (χ4n) is 0.617. The highest BCUT2D eigenvalue weighted by atomic mass is 79.9. The molecule has 0 bridgehead atoms. The summed E-state index contributed by atoms with van der Waals surface area (Å²) in [5.41, 5.74) is -0.419. The highest BCUT2D eigenvalue weighted by Crippen LogP contribution is 2.11. The molecule has 0 heterocycles. The van der Waals surface area contributed by atoms with Crippen LogP contribution in [0.1, 0.15) is 27.7 Å². The standard InChI is InChI=1S/C9H18BrNO2/c1-7(6-10)11(5)8(12)13-9(2,3)4/h7H,6H2,1-5H3. The third-order valence-corrected chi connectivity index (χ3v) is 2.50. The topological polar surface area (TPSA) is 29.5 Å². The quantitative estimate of drug-likeness (QED) is 0.707. The number of carbonyl (C=O) groups is 1. The van der Waals surface area contributed by atoms with Gasteiger partial charge in [0.25, 0.3) is 0 Å². The van der Waals surface area contributed by atoms with Crippen LogP contribution in [0.5, 0.6) is 0 Å². The van der Waals surface area contributed by atoms with Crippen molar-refractivity contribution in [2.24, 2.45) is 0 Å². The van der Waals surface area contributed by atoms with Gasteiger partial charge in [-0.2, -0.15) is 0 Å². The monoisotopic (exact) mass is 251 g/mol. The lowest BCUT2D eigenvalue weighted by molar-refractivity contribution is 0.0253. The fourth-order valence-corrected chi connectivity index (χ4v) is 1.05. The van der Waals surface area contributed by atoms with Crippen LogP contribution in [0.4, 0.5) is 4.79 Å². The van der Waals surface area contributed by atoms with Crippen LogP contribution < -0.4 is 0 Å². The molecule has 1 amide bonds. The maximum atomic E-state index is 11.4. The number of ether oxygens (including phenoxy) is 1. The highest BCUT2D eigenvalue weighted by molar-refractivity contribution is 9.09. The van der Waals surface area contributed by atoms with Gasteiger partial charge in [-0.1, -0.05) is 15.9 Å². The number of rotatable bonds is 2. The van der Waals surface area contributed by atoms with Crippen LogP contribution in [0, 0.1) is 0 Å². The van der Waals surface area contributed by atoms with E-state index in [4.69, 9.17) is 4.74 Å². The van der Waals surface area contributed by atoms with Crippen LogP contribution in [0.3, 0.4) is 0 Å². The summed E-state index contributed by atoms with van der Waals surface area (Å²) in [6.45, 7) is 7.53. The summed E-state index contributed by atoms with van der Waals surface area (Å²) in [6, 6.07) is 0.148. The van der Waals surface area contributed by atoms with Crippen molar-refractivity contribution in [3.63, 3.8) is 0 Å². The van der Waals surface area contributed by atoms with Gasteiger partial charge in [-0.3, -0.25) is 0 Å². The molecular formula is C9H18BrNO2. The van der Waals surface area contributed by atoms with Crippen molar-refractivity contribution in [1.82, 2.24) is 4.90 Å². The predicted octanol–water partition coefficient (Wildman–Crippen LogP) is 2.64. The number of alkyl halides is 1. The number of carbonyl (C=O) groups excluding carboxylic acids is 1. The van der Waals surface area contributed by atoms with Crippen molar-refractivity contribution in [3.8, 4) is 0 Å². The molecular weight excluding hydrogens is 234 g/mol. The minimum atomic E-state index is -0.419. The van der Waals surface area contributed by atoms with E-state index in [2.05, 4.69) is 15.9 Å². The van der Waals surface area contributed by atoms with Crippen molar-refractivity contribution in [1.29, 1.82) is 0 Å². The van der Waals surface area contributed by atoms with Crippen molar-refractivity contribution < 1.29 is 9.53 Å².